The number of likely N-dealkylation sites (N-methyl/N-ethyl adjacent to an activating group) is 1. The zero-order valence-corrected chi connectivity index (χ0v) is 12.8. The topological polar surface area (TPSA) is 73.6 Å². The van der Waals surface area contributed by atoms with E-state index in [0.29, 0.717) is 36.8 Å². The normalized spacial score (nSPS) is 9.70. The van der Waals surface area contributed by atoms with Crippen LogP contribution in [-0.4, -0.2) is 32.8 Å². The summed E-state index contributed by atoms with van der Waals surface area (Å²) in [5, 5.41) is 2.91. The molecule has 0 saturated carbocycles. The number of nitrogen functional groups attached to an aromatic ring is 1. The Kier molecular flexibility index (Phi) is 9.59. The number of halogens is 1. The van der Waals surface area contributed by atoms with Gasteiger partial charge in [-0.3, -0.25) is 0 Å². The molecule has 0 bridgehead atoms. The molecule has 0 saturated heterocycles. The van der Waals surface area contributed by atoms with E-state index in [-0.39, 0.29) is 18.4 Å². The van der Waals surface area contributed by atoms with Gasteiger partial charge in [0, 0.05) is 6.54 Å². The molecule has 5 nitrogen and oxygen atoms in total. The highest BCUT2D eigenvalue weighted by atomic mass is 35.5. The number of nitrogens with one attached hydrogen (secondary N) is 1. The minimum atomic E-state index is -0.365. The lowest BCUT2D eigenvalue weighted by molar-refractivity contribution is 0.0510. The van der Waals surface area contributed by atoms with Gasteiger partial charge in [0.05, 0.1) is 17.9 Å². The van der Waals surface area contributed by atoms with Crippen LogP contribution in [0.25, 0.3) is 0 Å². The highest BCUT2D eigenvalue weighted by Gasteiger charge is 2.10. The van der Waals surface area contributed by atoms with E-state index in [1.165, 1.54) is 0 Å². The molecule has 3 N–H and O–H groups in total. The molecule has 0 aliphatic carbocycles. The summed E-state index contributed by atoms with van der Waals surface area (Å²) in [6.07, 6.45) is 2.00. The second kappa shape index (κ2) is 10.3. The minimum absolute atomic E-state index is 0. The zero-order valence-electron chi connectivity index (χ0n) is 12.0. The summed E-state index contributed by atoms with van der Waals surface area (Å²) in [6, 6.07) is 4.94. The maximum Gasteiger partial charge on any atom is 0.338 e. The van der Waals surface area contributed by atoms with E-state index in [1.54, 1.807) is 25.2 Å². The Labute approximate surface area is 126 Å². The van der Waals surface area contributed by atoms with Crippen molar-refractivity contribution in [2.24, 2.45) is 0 Å². The van der Waals surface area contributed by atoms with Crippen LogP contribution in [-0.2, 0) is 4.74 Å². The molecule has 0 fully saturated rings. The number of anilines is 1. The summed E-state index contributed by atoms with van der Waals surface area (Å²) in [4.78, 5) is 11.8. The maximum absolute atomic E-state index is 11.8. The summed E-state index contributed by atoms with van der Waals surface area (Å²) in [7, 11) is 1.80. The molecule has 0 spiro atoms. The Morgan fingerprint density at radius 1 is 1.35 bits per heavy atom. The zero-order chi connectivity index (χ0) is 14.1. The minimum Gasteiger partial charge on any atom is -0.491 e. The Balaban J connectivity index is 0.00000361. The second-order valence-corrected chi connectivity index (χ2v) is 4.19. The Morgan fingerprint density at radius 2 is 2.10 bits per heavy atom. The van der Waals surface area contributed by atoms with Crippen molar-refractivity contribution >= 4 is 24.1 Å². The first-order valence-corrected chi connectivity index (χ1v) is 6.53. The van der Waals surface area contributed by atoms with Crippen LogP contribution >= 0.6 is 12.4 Å². The van der Waals surface area contributed by atoms with Gasteiger partial charge in [-0.1, -0.05) is 13.3 Å². The van der Waals surface area contributed by atoms with Crippen molar-refractivity contribution in [1.29, 1.82) is 0 Å². The highest BCUT2D eigenvalue weighted by molar-refractivity contribution is 5.90. The Hall–Kier alpha value is -1.46. The molecule has 1 rings (SSSR count). The molecule has 114 valence electrons. The Morgan fingerprint density at radius 3 is 2.75 bits per heavy atom. The summed E-state index contributed by atoms with van der Waals surface area (Å²) in [5.74, 6) is 0.173. The number of hydrogen-bond acceptors (Lipinski definition) is 5. The van der Waals surface area contributed by atoms with Crippen LogP contribution in [0.3, 0.4) is 0 Å². The lowest BCUT2D eigenvalue weighted by Gasteiger charge is -2.10. The molecule has 0 aliphatic heterocycles. The van der Waals surface area contributed by atoms with Crippen molar-refractivity contribution in [2.75, 3.05) is 32.5 Å². The van der Waals surface area contributed by atoms with Gasteiger partial charge in [0.25, 0.3) is 0 Å². The van der Waals surface area contributed by atoms with E-state index in [1.807, 2.05) is 0 Å². The van der Waals surface area contributed by atoms with Crippen LogP contribution in [0.5, 0.6) is 5.75 Å². The predicted octanol–water partition coefficient (Wildman–Crippen LogP) is 2.25. The van der Waals surface area contributed by atoms with Gasteiger partial charge in [-0.05, 0) is 31.7 Å². The first-order valence-electron chi connectivity index (χ1n) is 6.53. The maximum atomic E-state index is 11.8. The summed E-state index contributed by atoms with van der Waals surface area (Å²) >= 11 is 0. The van der Waals surface area contributed by atoms with Crippen LogP contribution in [0.15, 0.2) is 18.2 Å². The molecular formula is C14H23ClN2O3. The van der Waals surface area contributed by atoms with Gasteiger partial charge in [0.15, 0.2) is 0 Å². The molecule has 0 amide bonds. The molecule has 0 atom stereocenters. The molecule has 20 heavy (non-hydrogen) atoms. The molecule has 0 heterocycles. The van der Waals surface area contributed by atoms with E-state index in [4.69, 9.17) is 15.2 Å². The number of carbonyl (C=O) groups excluding carboxylic acids is 1. The fraction of sp³-hybridized carbons (Fsp3) is 0.500. The van der Waals surface area contributed by atoms with E-state index < -0.39 is 0 Å². The van der Waals surface area contributed by atoms with Crippen molar-refractivity contribution in [3.8, 4) is 5.75 Å². The number of ether oxygens (including phenoxy) is 2. The SMILES string of the molecule is CCCCOc1cc(C(=O)OCCNC)ccc1N.Cl. The first kappa shape index (κ1) is 18.5. The number of rotatable bonds is 8. The molecule has 1 aromatic rings. The van der Waals surface area contributed by atoms with Crippen molar-refractivity contribution in [3.05, 3.63) is 23.8 Å². The van der Waals surface area contributed by atoms with E-state index in [0.717, 1.165) is 12.8 Å². The molecule has 0 radical (unpaired) electrons. The molecular weight excluding hydrogens is 280 g/mol. The third-order valence-electron chi connectivity index (χ3n) is 2.59. The number of nitrogens with two attached hydrogens (primary N) is 1. The predicted molar refractivity (Wildman–Crippen MR) is 82.7 cm³/mol. The third kappa shape index (κ3) is 6.12. The second-order valence-electron chi connectivity index (χ2n) is 4.19. The van der Waals surface area contributed by atoms with E-state index in [9.17, 15) is 4.79 Å². The Bertz CT molecular complexity index is 413. The monoisotopic (exact) mass is 302 g/mol. The van der Waals surface area contributed by atoms with E-state index in [2.05, 4.69) is 12.2 Å². The van der Waals surface area contributed by atoms with Crippen molar-refractivity contribution < 1.29 is 14.3 Å². The number of carbonyl (C=O) groups is 1. The first-order chi connectivity index (χ1) is 9.19. The lowest BCUT2D eigenvalue weighted by Crippen LogP contribution is -2.17. The highest BCUT2D eigenvalue weighted by Crippen LogP contribution is 2.23. The van der Waals surface area contributed by atoms with Crippen LogP contribution in [0.2, 0.25) is 0 Å². The van der Waals surface area contributed by atoms with Crippen molar-refractivity contribution in [1.82, 2.24) is 5.32 Å². The van der Waals surface area contributed by atoms with Gasteiger partial charge < -0.3 is 20.5 Å². The van der Waals surface area contributed by atoms with Gasteiger partial charge in [-0.25, -0.2) is 4.79 Å². The lowest BCUT2D eigenvalue weighted by atomic mass is 10.2. The number of unbranched alkanes of at least 4 members (excludes halogenated alkanes) is 1. The molecule has 0 aliphatic rings. The molecule has 1 aromatic carbocycles. The number of esters is 1. The number of benzene rings is 1. The summed E-state index contributed by atoms with van der Waals surface area (Å²) in [5.41, 5.74) is 6.79. The quantitative estimate of drug-likeness (QED) is 0.438. The average Bonchev–Trinajstić information content (AvgIpc) is 2.41. The van der Waals surface area contributed by atoms with Gasteiger partial charge >= 0.3 is 5.97 Å². The van der Waals surface area contributed by atoms with E-state index >= 15 is 0 Å². The standard InChI is InChI=1S/C14H22N2O3.ClH/c1-3-4-8-18-13-10-11(5-6-12(13)15)14(17)19-9-7-16-2;/h5-6,10,16H,3-4,7-9,15H2,1-2H3;1H. The molecule has 0 unspecified atom stereocenters. The van der Waals surface area contributed by atoms with Crippen LogP contribution in [0.1, 0.15) is 30.1 Å². The fourth-order valence-corrected chi connectivity index (χ4v) is 1.44. The third-order valence-corrected chi connectivity index (χ3v) is 2.59. The summed E-state index contributed by atoms with van der Waals surface area (Å²) < 4.78 is 10.6. The van der Waals surface area contributed by atoms with Crippen LogP contribution in [0.4, 0.5) is 5.69 Å². The van der Waals surface area contributed by atoms with Gasteiger partial charge in [-0.15, -0.1) is 12.4 Å². The average molecular weight is 303 g/mol. The summed E-state index contributed by atoms with van der Waals surface area (Å²) in [6.45, 7) is 3.65. The van der Waals surface area contributed by atoms with Gasteiger partial charge in [0.1, 0.15) is 12.4 Å². The van der Waals surface area contributed by atoms with Crippen molar-refractivity contribution in [3.63, 3.8) is 0 Å². The smallest absolute Gasteiger partial charge is 0.338 e. The van der Waals surface area contributed by atoms with Crippen LogP contribution < -0.4 is 15.8 Å². The fourth-order valence-electron chi connectivity index (χ4n) is 1.44. The van der Waals surface area contributed by atoms with Crippen molar-refractivity contribution in [2.45, 2.75) is 19.8 Å². The van der Waals surface area contributed by atoms with Gasteiger partial charge in [0.2, 0.25) is 0 Å². The molecule has 6 heteroatoms. The van der Waals surface area contributed by atoms with Crippen LogP contribution in [0, 0.1) is 0 Å². The number of hydrogen-bond donors (Lipinski definition) is 2. The largest absolute Gasteiger partial charge is 0.491 e. The van der Waals surface area contributed by atoms with Gasteiger partial charge in [-0.2, -0.15) is 0 Å². The molecule has 0 aromatic heterocycles.